The number of aliphatic hydroxyl groups excluding tert-OH is 1. The molecule has 2 unspecified atom stereocenters. The molecule has 0 aliphatic carbocycles. The highest BCUT2D eigenvalue weighted by Crippen LogP contribution is 2.45. The first-order chi connectivity index (χ1) is 54.7. The maximum atomic E-state index is 13.2. The minimum atomic E-state index is -4.97. The minimum absolute atomic E-state index is 0.0863. The number of carbonyl (C=O) groups excluding carboxylic acids is 4. The zero-order chi connectivity index (χ0) is 81.7. The van der Waals surface area contributed by atoms with Crippen molar-refractivity contribution in [2.75, 3.05) is 39.6 Å². The van der Waals surface area contributed by atoms with Crippen molar-refractivity contribution in [1.82, 2.24) is 0 Å². The number of phosphoric acid groups is 2. The molecular formula is C93H178O17P2. The van der Waals surface area contributed by atoms with Gasteiger partial charge in [0.2, 0.25) is 0 Å². The number of phosphoric ester groups is 2. The zero-order valence-electron chi connectivity index (χ0n) is 73.1. The first-order valence-electron chi connectivity index (χ1n) is 47.6. The molecule has 112 heavy (non-hydrogen) atoms. The van der Waals surface area contributed by atoms with Crippen LogP contribution in [-0.2, 0) is 65.4 Å². The average molecular weight is 1630 g/mol. The molecule has 0 aliphatic heterocycles. The molecule has 0 aromatic rings. The summed E-state index contributed by atoms with van der Waals surface area (Å²) in [6, 6.07) is 0. The Balaban J connectivity index is 5.26. The molecule has 0 fully saturated rings. The van der Waals surface area contributed by atoms with Crippen LogP contribution in [0.1, 0.15) is 490 Å². The summed E-state index contributed by atoms with van der Waals surface area (Å²) in [5.41, 5.74) is 0. The van der Waals surface area contributed by atoms with Crippen molar-refractivity contribution >= 4 is 39.5 Å². The maximum absolute atomic E-state index is 13.2. The molecule has 0 amide bonds. The van der Waals surface area contributed by atoms with Crippen LogP contribution >= 0.6 is 15.6 Å². The van der Waals surface area contributed by atoms with Crippen molar-refractivity contribution in [3.8, 4) is 0 Å². The van der Waals surface area contributed by atoms with Crippen molar-refractivity contribution in [1.29, 1.82) is 0 Å². The lowest BCUT2D eigenvalue weighted by Crippen LogP contribution is -2.30. The van der Waals surface area contributed by atoms with Crippen LogP contribution in [0.25, 0.3) is 0 Å². The van der Waals surface area contributed by atoms with Crippen LogP contribution in [0.2, 0.25) is 0 Å². The number of unbranched alkanes of at least 4 members (excludes halogenated alkanes) is 63. The number of carbonyl (C=O) groups is 4. The van der Waals surface area contributed by atoms with E-state index in [0.29, 0.717) is 25.7 Å². The topological polar surface area (TPSA) is 237 Å². The van der Waals surface area contributed by atoms with Gasteiger partial charge in [0.1, 0.15) is 19.3 Å². The monoisotopic (exact) mass is 1630 g/mol. The van der Waals surface area contributed by atoms with E-state index < -0.39 is 97.5 Å². The van der Waals surface area contributed by atoms with Crippen molar-refractivity contribution in [2.24, 2.45) is 0 Å². The van der Waals surface area contributed by atoms with E-state index >= 15 is 0 Å². The molecule has 17 nitrogen and oxygen atoms in total. The summed E-state index contributed by atoms with van der Waals surface area (Å²) in [6.45, 7) is 5.02. The summed E-state index contributed by atoms with van der Waals surface area (Å²) < 4.78 is 69.1. The van der Waals surface area contributed by atoms with Gasteiger partial charge >= 0.3 is 39.5 Å². The van der Waals surface area contributed by atoms with E-state index in [1.807, 2.05) is 0 Å². The van der Waals surface area contributed by atoms with Crippen molar-refractivity contribution in [3.05, 3.63) is 24.3 Å². The van der Waals surface area contributed by atoms with E-state index in [-0.39, 0.29) is 25.7 Å². The number of esters is 4. The van der Waals surface area contributed by atoms with Gasteiger partial charge in [0, 0.05) is 25.7 Å². The predicted molar refractivity (Wildman–Crippen MR) is 465 cm³/mol. The molecule has 0 aromatic carbocycles. The molecular weight excluding hydrogens is 1450 g/mol. The molecule has 0 rings (SSSR count). The Hall–Kier alpha value is -2.46. The highest BCUT2D eigenvalue weighted by molar-refractivity contribution is 7.47. The lowest BCUT2D eigenvalue weighted by molar-refractivity contribution is -0.161. The zero-order valence-corrected chi connectivity index (χ0v) is 74.9. The fraction of sp³-hybridized carbons (Fsp3) is 0.914. The average Bonchev–Trinajstić information content (AvgIpc) is 0.897. The number of rotatable bonds is 92. The second-order valence-electron chi connectivity index (χ2n) is 32.7. The fourth-order valence-electron chi connectivity index (χ4n) is 14.2. The Labute approximate surface area is 688 Å². The molecule has 0 spiro atoms. The third-order valence-electron chi connectivity index (χ3n) is 21.5. The normalized spacial score (nSPS) is 13.7. The van der Waals surface area contributed by atoms with E-state index in [9.17, 15) is 43.2 Å². The molecule has 662 valence electrons. The maximum Gasteiger partial charge on any atom is 0.472 e. The van der Waals surface area contributed by atoms with Crippen LogP contribution in [0.15, 0.2) is 24.3 Å². The van der Waals surface area contributed by atoms with Crippen LogP contribution < -0.4 is 0 Å². The minimum Gasteiger partial charge on any atom is -0.462 e. The van der Waals surface area contributed by atoms with Gasteiger partial charge in [-0.05, 0) is 51.4 Å². The summed E-state index contributed by atoms with van der Waals surface area (Å²) in [7, 11) is -9.95. The van der Waals surface area contributed by atoms with E-state index in [0.717, 1.165) is 103 Å². The van der Waals surface area contributed by atoms with Gasteiger partial charge in [0.25, 0.3) is 0 Å². The number of ether oxygens (including phenoxy) is 4. The molecule has 0 aliphatic rings. The SMILES string of the molecule is CCCCCC/C=C\C=C/CCCCCCCC(=O)O[C@H](COC(=O)CCCCCCCCCCCCCCC)COP(=O)(O)OC[C@H](O)COP(=O)(O)OC[C@@H](COC(=O)CCCCCCCCCCCCCCCCCCCCCCCC)OC(=O)CCCCCCCCCCCCCCCCCCCCCCCC. The molecule has 19 heteroatoms. The number of hydrogen-bond donors (Lipinski definition) is 3. The van der Waals surface area contributed by atoms with Gasteiger partial charge in [0.15, 0.2) is 12.2 Å². The predicted octanol–water partition coefficient (Wildman–Crippen LogP) is 28.8. The molecule has 0 heterocycles. The Morgan fingerprint density at radius 2 is 0.429 bits per heavy atom. The first kappa shape index (κ1) is 110. The fourth-order valence-corrected chi connectivity index (χ4v) is 15.8. The molecule has 5 atom stereocenters. The molecule has 0 saturated heterocycles. The van der Waals surface area contributed by atoms with Gasteiger partial charge in [-0.1, -0.05) is 437 Å². The molecule has 0 aromatic heterocycles. The van der Waals surface area contributed by atoms with Gasteiger partial charge in [-0.25, -0.2) is 9.13 Å². The Morgan fingerprint density at radius 3 is 0.652 bits per heavy atom. The Bertz CT molecular complexity index is 2200. The quantitative estimate of drug-likeness (QED) is 0.0169. The lowest BCUT2D eigenvalue weighted by Gasteiger charge is -2.21. The smallest absolute Gasteiger partial charge is 0.462 e. The van der Waals surface area contributed by atoms with Gasteiger partial charge in [-0.2, -0.15) is 0 Å². The number of allylic oxidation sites excluding steroid dienone is 4. The highest BCUT2D eigenvalue weighted by Gasteiger charge is 2.31. The summed E-state index contributed by atoms with van der Waals surface area (Å²) in [4.78, 5) is 73.4. The summed E-state index contributed by atoms with van der Waals surface area (Å²) in [5.74, 6) is -2.12. The largest absolute Gasteiger partial charge is 0.472 e. The summed E-state index contributed by atoms with van der Waals surface area (Å²) in [6.07, 6.45) is 87.1. The summed E-state index contributed by atoms with van der Waals surface area (Å²) >= 11 is 0. The molecule has 0 saturated carbocycles. The van der Waals surface area contributed by atoms with Crippen molar-refractivity contribution in [3.63, 3.8) is 0 Å². The van der Waals surface area contributed by atoms with Gasteiger partial charge < -0.3 is 33.8 Å². The number of aliphatic hydroxyl groups is 1. The van der Waals surface area contributed by atoms with Crippen molar-refractivity contribution < 1.29 is 80.2 Å². The van der Waals surface area contributed by atoms with Gasteiger partial charge in [-0.3, -0.25) is 37.3 Å². The van der Waals surface area contributed by atoms with Crippen LogP contribution in [0.3, 0.4) is 0 Å². The third kappa shape index (κ3) is 85.4. The molecule has 3 N–H and O–H groups in total. The molecule has 0 radical (unpaired) electrons. The van der Waals surface area contributed by atoms with Crippen molar-refractivity contribution in [2.45, 2.75) is 508 Å². The van der Waals surface area contributed by atoms with Crippen LogP contribution in [0.4, 0.5) is 0 Å². The van der Waals surface area contributed by atoms with Crippen LogP contribution in [-0.4, -0.2) is 96.7 Å². The van der Waals surface area contributed by atoms with E-state index in [1.54, 1.807) is 0 Å². The van der Waals surface area contributed by atoms with E-state index in [1.165, 1.54) is 308 Å². The first-order valence-corrected chi connectivity index (χ1v) is 50.6. The van der Waals surface area contributed by atoms with Gasteiger partial charge in [-0.15, -0.1) is 0 Å². The third-order valence-corrected chi connectivity index (χ3v) is 23.4. The summed E-state index contributed by atoms with van der Waals surface area (Å²) in [5, 5.41) is 10.7. The second kappa shape index (κ2) is 86.4. The van der Waals surface area contributed by atoms with E-state index in [2.05, 4.69) is 52.0 Å². The highest BCUT2D eigenvalue weighted by atomic mass is 31.2. The Kier molecular flexibility index (Phi) is 84.5. The van der Waals surface area contributed by atoms with E-state index in [4.69, 9.17) is 37.0 Å². The molecule has 0 bridgehead atoms. The van der Waals surface area contributed by atoms with Gasteiger partial charge in [0.05, 0.1) is 26.4 Å². The standard InChI is InChI=1S/C93H178O17P2/c1-5-9-13-17-21-25-29-33-36-38-40-42-44-46-48-51-54-58-62-66-70-74-78-91(96)104-84-89(110-93(98)80-76-72-68-64-60-56-52-49-47-45-43-41-39-37-34-30-26-22-18-14-10-6-2)86-108-112(101,102)106-82-87(94)81-105-111(99,100)107-85-88(83-103-90(95)77-73-69-65-61-57-53-32-28-24-20-16-12-8-4)109-92(97)79-75-71-67-63-59-55-50-35-31-27-23-19-15-11-7-3/h27,31,35,50,87-89,94H,5-26,28-30,32-34,36-49,51-86H2,1-4H3,(H,99,100)(H,101,102)/b31-27-,50-35-/t87-,88+,89+/m0/s1. The van der Waals surface area contributed by atoms with Crippen LogP contribution in [0, 0.1) is 0 Å². The lowest BCUT2D eigenvalue weighted by atomic mass is 10.0. The second-order valence-corrected chi connectivity index (χ2v) is 35.6. The number of hydrogen-bond acceptors (Lipinski definition) is 15. The Morgan fingerprint density at radius 1 is 0.250 bits per heavy atom. The van der Waals surface area contributed by atoms with Crippen LogP contribution in [0.5, 0.6) is 0 Å².